The number of hydrogen-bond donors (Lipinski definition) is 1. The third-order valence-corrected chi connectivity index (χ3v) is 3.13. The molecule has 1 unspecified atom stereocenters. The van der Waals surface area contributed by atoms with Crippen LogP contribution in [0, 0.1) is 0 Å². The summed E-state index contributed by atoms with van der Waals surface area (Å²) in [5, 5.41) is 3.33. The van der Waals surface area contributed by atoms with Gasteiger partial charge in [-0.3, -0.25) is 0 Å². The largest absolute Gasteiger partial charge is 0.416 e. The lowest BCUT2D eigenvalue weighted by Crippen LogP contribution is -2.35. The molecule has 0 saturated carbocycles. The summed E-state index contributed by atoms with van der Waals surface area (Å²) in [6, 6.07) is 5.86. The summed E-state index contributed by atoms with van der Waals surface area (Å²) in [5.41, 5.74) is 0.0743. The zero-order valence-corrected chi connectivity index (χ0v) is 10.3. The molecule has 1 aromatic rings. The highest BCUT2D eigenvalue weighted by Crippen LogP contribution is 2.31. The van der Waals surface area contributed by atoms with E-state index in [9.17, 15) is 13.2 Å². The zero-order chi connectivity index (χ0) is 13.2. The molecule has 1 atom stereocenters. The molecule has 18 heavy (non-hydrogen) atoms. The van der Waals surface area contributed by atoms with Gasteiger partial charge in [-0.2, -0.15) is 13.2 Å². The number of nitrogens with one attached hydrogen (secondary N) is 1. The number of anilines is 1. The fraction of sp³-hybridized carbons (Fsp3) is 0.538. The Hall–Kier alpha value is -1.23. The number of benzene rings is 1. The van der Waals surface area contributed by atoms with E-state index in [2.05, 4.69) is 5.32 Å². The molecule has 1 N–H and O–H groups in total. The highest BCUT2D eigenvalue weighted by atomic mass is 19.4. The van der Waals surface area contributed by atoms with Crippen molar-refractivity contribution in [1.82, 2.24) is 5.32 Å². The van der Waals surface area contributed by atoms with Crippen LogP contribution in [0.5, 0.6) is 0 Å². The number of nitrogens with zero attached hydrogens (tertiary/aromatic N) is 1. The first-order valence-electron chi connectivity index (χ1n) is 6.12. The monoisotopic (exact) mass is 258 g/mol. The minimum atomic E-state index is -4.27. The van der Waals surface area contributed by atoms with E-state index in [0.717, 1.165) is 32.1 Å². The maximum Gasteiger partial charge on any atom is 0.416 e. The summed E-state index contributed by atoms with van der Waals surface area (Å²) < 4.78 is 38.0. The molecule has 0 aliphatic carbocycles. The average molecular weight is 258 g/mol. The summed E-state index contributed by atoms with van der Waals surface area (Å²) in [7, 11) is 0. The Labute approximate surface area is 105 Å². The van der Waals surface area contributed by atoms with Crippen molar-refractivity contribution >= 4 is 5.69 Å². The van der Waals surface area contributed by atoms with Crippen molar-refractivity contribution in [3.63, 3.8) is 0 Å². The van der Waals surface area contributed by atoms with Crippen LogP contribution in [0.2, 0.25) is 0 Å². The molecule has 100 valence electrons. The van der Waals surface area contributed by atoms with Gasteiger partial charge in [0.1, 0.15) is 0 Å². The highest BCUT2D eigenvalue weighted by molar-refractivity contribution is 5.49. The summed E-state index contributed by atoms with van der Waals surface area (Å²) in [6.45, 7) is 4.49. The van der Waals surface area contributed by atoms with E-state index in [1.54, 1.807) is 6.07 Å². The number of rotatable bonds is 1. The number of hydrogen-bond acceptors (Lipinski definition) is 2. The quantitative estimate of drug-likeness (QED) is 0.833. The minimum absolute atomic E-state index is 0.294. The lowest BCUT2D eigenvalue weighted by molar-refractivity contribution is -0.137. The van der Waals surface area contributed by atoms with Crippen LogP contribution in [0.25, 0.3) is 0 Å². The lowest BCUT2D eigenvalue weighted by atomic mass is 10.1. The Morgan fingerprint density at radius 3 is 2.83 bits per heavy atom. The van der Waals surface area contributed by atoms with Gasteiger partial charge in [0.15, 0.2) is 0 Å². The molecule has 0 amide bonds. The molecule has 0 bridgehead atoms. The van der Waals surface area contributed by atoms with Crippen LogP contribution in [0.4, 0.5) is 18.9 Å². The van der Waals surface area contributed by atoms with Crippen molar-refractivity contribution in [3.05, 3.63) is 29.8 Å². The number of halogens is 3. The predicted molar refractivity (Wildman–Crippen MR) is 65.7 cm³/mol. The fourth-order valence-corrected chi connectivity index (χ4v) is 2.22. The molecule has 1 aromatic carbocycles. The normalized spacial score (nSPS) is 21.8. The van der Waals surface area contributed by atoms with E-state index in [0.29, 0.717) is 11.7 Å². The smallest absolute Gasteiger partial charge is 0.370 e. The first-order valence-corrected chi connectivity index (χ1v) is 6.12. The maximum absolute atomic E-state index is 12.7. The summed E-state index contributed by atoms with van der Waals surface area (Å²) >= 11 is 0. The highest BCUT2D eigenvalue weighted by Gasteiger charge is 2.31. The molecule has 0 aromatic heterocycles. The molecule has 1 saturated heterocycles. The van der Waals surface area contributed by atoms with Crippen LogP contribution in [0.3, 0.4) is 0 Å². The van der Waals surface area contributed by atoms with Gasteiger partial charge < -0.3 is 10.2 Å². The van der Waals surface area contributed by atoms with Crippen LogP contribution in [0.15, 0.2) is 24.3 Å². The van der Waals surface area contributed by atoms with Crippen molar-refractivity contribution in [3.8, 4) is 0 Å². The zero-order valence-electron chi connectivity index (χ0n) is 10.3. The van der Waals surface area contributed by atoms with E-state index in [4.69, 9.17) is 0 Å². The van der Waals surface area contributed by atoms with Gasteiger partial charge in [-0.05, 0) is 38.1 Å². The van der Waals surface area contributed by atoms with E-state index in [1.165, 1.54) is 12.1 Å². The van der Waals surface area contributed by atoms with Crippen LogP contribution in [0.1, 0.15) is 18.9 Å². The maximum atomic E-state index is 12.7. The third kappa shape index (κ3) is 3.16. The van der Waals surface area contributed by atoms with E-state index in [-0.39, 0.29) is 0 Å². The standard InChI is InChI=1S/C13H17F3N2/c1-10-9-18(7-3-6-17-10)12-5-2-4-11(8-12)13(14,15)16/h2,4-5,8,10,17H,3,6-7,9H2,1H3. The first kappa shape index (κ1) is 13.2. The first-order chi connectivity index (χ1) is 8.47. The third-order valence-electron chi connectivity index (χ3n) is 3.13. The van der Waals surface area contributed by atoms with Gasteiger partial charge in [-0.25, -0.2) is 0 Å². The molecule has 1 aliphatic heterocycles. The molecule has 1 heterocycles. The van der Waals surface area contributed by atoms with Crippen molar-refractivity contribution < 1.29 is 13.2 Å². The van der Waals surface area contributed by atoms with Gasteiger partial charge in [0, 0.05) is 24.8 Å². The van der Waals surface area contributed by atoms with Gasteiger partial charge in [-0.1, -0.05) is 6.07 Å². The molecule has 0 radical (unpaired) electrons. The Morgan fingerprint density at radius 2 is 2.11 bits per heavy atom. The van der Waals surface area contributed by atoms with Crippen molar-refractivity contribution in [2.24, 2.45) is 0 Å². The summed E-state index contributed by atoms with van der Waals surface area (Å²) in [6.07, 6.45) is -3.33. The van der Waals surface area contributed by atoms with E-state index < -0.39 is 11.7 Å². The lowest BCUT2D eigenvalue weighted by Gasteiger charge is -2.25. The fourth-order valence-electron chi connectivity index (χ4n) is 2.22. The van der Waals surface area contributed by atoms with Gasteiger partial charge >= 0.3 is 6.18 Å². The molecular formula is C13H17F3N2. The second-order valence-corrected chi connectivity index (χ2v) is 4.70. The van der Waals surface area contributed by atoms with Crippen LogP contribution >= 0.6 is 0 Å². The Balaban J connectivity index is 2.22. The predicted octanol–water partition coefficient (Wildman–Crippen LogP) is 2.89. The number of alkyl halides is 3. The second-order valence-electron chi connectivity index (χ2n) is 4.70. The second kappa shape index (κ2) is 5.18. The average Bonchev–Trinajstić information content (AvgIpc) is 2.53. The molecule has 0 spiro atoms. The Bertz CT molecular complexity index is 403. The molecule has 2 nitrogen and oxygen atoms in total. The summed E-state index contributed by atoms with van der Waals surface area (Å²) in [4.78, 5) is 2.01. The van der Waals surface area contributed by atoms with Gasteiger partial charge in [0.05, 0.1) is 5.56 Å². The van der Waals surface area contributed by atoms with Crippen LogP contribution in [-0.4, -0.2) is 25.7 Å². The van der Waals surface area contributed by atoms with Gasteiger partial charge in [0.25, 0.3) is 0 Å². The van der Waals surface area contributed by atoms with E-state index >= 15 is 0 Å². The van der Waals surface area contributed by atoms with Crippen LogP contribution < -0.4 is 10.2 Å². The minimum Gasteiger partial charge on any atom is -0.370 e. The van der Waals surface area contributed by atoms with Crippen molar-refractivity contribution in [2.75, 3.05) is 24.5 Å². The topological polar surface area (TPSA) is 15.3 Å². The molecule has 1 aliphatic rings. The summed E-state index contributed by atoms with van der Waals surface area (Å²) in [5.74, 6) is 0. The molecule has 1 fully saturated rings. The molecule has 2 rings (SSSR count). The van der Waals surface area contributed by atoms with Gasteiger partial charge in [-0.15, -0.1) is 0 Å². The van der Waals surface area contributed by atoms with Crippen molar-refractivity contribution in [2.45, 2.75) is 25.6 Å². The molecular weight excluding hydrogens is 241 g/mol. The van der Waals surface area contributed by atoms with Crippen molar-refractivity contribution in [1.29, 1.82) is 0 Å². The SMILES string of the molecule is CC1CN(c2cccc(C(F)(F)F)c2)CCCN1. The molecule has 5 heteroatoms. The Kier molecular flexibility index (Phi) is 3.80. The van der Waals surface area contributed by atoms with E-state index in [1.807, 2.05) is 11.8 Å². The van der Waals surface area contributed by atoms with Gasteiger partial charge in [0.2, 0.25) is 0 Å². The van der Waals surface area contributed by atoms with Crippen LogP contribution in [-0.2, 0) is 6.18 Å². The Morgan fingerprint density at radius 1 is 1.33 bits per heavy atom.